The molecule has 0 spiro atoms. The normalized spacial score (nSPS) is 11.3. The minimum absolute atomic E-state index is 0.271. The van der Waals surface area contributed by atoms with Gasteiger partial charge in [0.2, 0.25) is 0 Å². The lowest BCUT2D eigenvalue weighted by atomic mass is 10.0. The highest BCUT2D eigenvalue weighted by Gasteiger charge is 2.17. The number of hydrogen-bond donors (Lipinski definition) is 0. The third-order valence-corrected chi connectivity index (χ3v) is 7.83. The molecule has 4 nitrogen and oxygen atoms in total. The molecule has 0 aliphatic heterocycles. The van der Waals surface area contributed by atoms with Gasteiger partial charge in [0.25, 0.3) is 0 Å². The van der Waals surface area contributed by atoms with Gasteiger partial charge in [-0.3, -0.25) is 0 Å². The predicted molar refractivity (Wildman–Crippen MR) is 165 cm³/mol. The SMILES string of the molecule is CCCCCCCCCCCCCCCC(=O)On1c(-c2cccc3ccccc23)nc2ccccc2c1=S. The van der Waals surface area contributed by atoms with E-state index in [1.54, 1.807) is 0 Å². The molecular weight excluding hydrogens is 500 g/mol. The van der Waals surface area contributed by atoms with Gasteiger partial charge < -0.3 is 4.84 Å². The molecule has 0 unspecified atom stereocenters. The Bertz CT molecular complexity index is 1410. The zero-order chi connectivity index (χ0) is 27.3. The highest BCUT2D eigenvalue weighted by molar-refractivity contribution is 7.71. The van der Waals surface area contributed by atoms with E-state index >= 15 is 0 Å². The molecule has 0 aliphatic rings. The van der Waals surface area contributed by atoms with Crippen molar-refractivity contribution in [3.8, 4) is 11.4 Å². The summed E-state index contributed by atoms with van der Waals surface area (Å²) in [6.45, 7) is 2.27. The second-order valence-electron chi connectivity index (χ2n) is 10.5. The molecule has 0 fully saturated rings. The molecule has 1 heterocycles. The van der Waals surface area contributed by atoms with Gasteiger partial charge in [0, 0.05) is 17.4 Å². The van der Waals surface area contributed by atoms with E-state index in [-0.39, 0.29) is 5.97 Å². The standard InChI is InChI=1S/C34H42N2O2S/c1-2-3-4-5-6-7-8-9-10-11-12-13-14-26-32(37)38-36-33(35-31-25-18-17-23-30(31)34(36)39)29-24-19-21-27-20-15-16-22-28(27)29/h15-25H,2-14,26H2,1H3. The lowest BCUT2D eigenvalue weighted by Gasteiger charge is -2.16. The molecular formula is C34H42N2O2S. The summed E-state index contributed by atoms with van der Waals surface area (Å²) in [5.41, 5.74) is 1.67. The summed E-state index contributed by atoms with van der Waals surface area (Å²) in [5.74, 6) is 0.280. The van der Waals surface area contributed by atoms with Crippen LogP contribution in [0.2, 0.25) is 0 Å². The molecule has 1 aromatic heterocycles. The largest absolute Gasteiger partial charge is 0.334 e. The fourth-order valence-corrected chi connectivity index (χ4v) is 5.52. The van der Waals surface area contributed by atoms with Crippen LogP contribution in [0.1, 0.15) is 96.8 Å². The van der Waals surface area contributed by atoms with Crippen molar-refractivity contribution in [2.45, 2.75) is 96.8 Å². The Morgan fingerprint density at radius 3 is 1.97 bits per heavy atom. The summed E-state index contributed by atoms with van der Waals surface area (Å²) in [6.07, 6.45) is 16.9. The van der Waals surface area contributed by atoms with E-state index in [2.05, 4.69) is 25.1 Å². The zero-order valence-corrected chi connectivity index (χ0v) is 24.2. The molecule has 0 amide bonds. The number of aromatic nitrogens is 2. The number of rotatable bonds is 16. The van der Waals surface area contributed by atoms with Gasteiger partial charge in [0.15, 0.2) is 10.5 Å². The summed E-state index contributed by atoms with van der Waals surface area (Å²) < 4.78 is 1.92. The Morgan fingerprint density at radius 1 is 0.718 bits per heavy atom. The number of unbranched alkanes of at least 4 members (excludes halogenated alkanes) is 12. The Kier molecular flexibility index (Phi) is 11.5. The topological polar surface area (TPSA) is 44.1 Å². The van der Waals surface area contributed by atoms with Crippen molar-refractivity contribution in [3.05, 3.63) is 71.4 Å². The van der Waals surface area contributed by atoms with Gasteiger partial charge in [-0.05, 0) is 29.3 Å². The van der Waals surface area contributed by atoms with Gasteiger partial charge in [0.05, 0.1) is 5.52 Å². The van der Waals surface area contributed by atoms with Crippen LogP contribution >= 0.6 is 12.2 Å². The highest BCUT2D eigenvalue weighted by atomic mass is 32.1. The number of nitrogens with zero attached hydrogens (tertiary/aromatic N) is 2. The van der Waals surface area contributed by atoms with Crippen LogP contribution in [0.15, 0.2) is 66.7 Å². The Balaban J connectivity index is 1.32. The van der Waals surface area contributed by atoms with Gasteiger partial charge in [-0.15, -0.1) is 4.73 Å². The van der Waals surface area contributed by atoms with Gasteiger partial charge in [-0.25, -0.2) is 9.78 Å². The van der Waals surface area contributed by atoms with Crippen molar-refractivity contribution in [1.29, 1.82) is 0 Å². The molecule has 0 saturated heterocycles. The molecule has 0 bridgehead atoms. The average Bonchev–Trinajstić information content (AvgIpc) is 2.96. The Hall–Kier alpha value is -3.05. The molecule has 0 N–H and O–H groups in total. The Labute approximate surface area is 238 Å². The second kappa shape index (κ2) is 15.5. The van der Waals surface area contributed by atoms with Crippen LogP contribution < -0.4 is 4.84 Å². The van der Waals surface area contributed by atoms with Gasteiger partial charge in [0.1, 0.15) is 0 Å². The van der Waals surface area contributed by atoms with E-state index in [0.717, 1.165) is 40.1 Å². The van der Waals surface area contributed by atoms with E-state index in [4.69, 9.17) is 22.0 Å². The monoisotopic (exact) mass is 542 g/mol. The second-order valence-corrected chi connectivity index (χ2v) is 10.9. The fourth-order valence-electron chi connectivity index (χ4n) is 5.23. The maximum absolute atomic E-state index is 12.9. The maximum Gasteiger partial charge on any atom is 0.333 e. The maximum atomic E-state index is 12.9. The third kappa shape index (κ3) is 8.22. The predicted octanol–water partition coefficient (Wildman–Crippen LogP) is 10.0. The Morgan fingerprint density at radius 2 is 1.28 bits per heavy atom. The number of para-hydroxylation sites is 1. The van der Waals surface area contributed by atoms with Gasteiger partial charge >= 0.3 is 5.97 Å². The van der Waals surface area contributed by atoms with Crippen LogP contribution in [0.25, 0.3) is 33.1 Å². The van der Waals surface area contributed by atoms with Crippen molar-refractivity contribution < 1.29 is 9.63 Å². The van der Waals surface area contributed by atoms with Crippen LogP contribution in [0.5, 0.6) is 0 Å². The van der Waals surface area contributed by atoms with Crippen LogP contribution in [0, 0.1) is 4.64 Å². The van der Waals surface area contributed by atoms with Crippen molar-refractivity contribution in [1.82, 2.24) is 9.71 Å². The first-order chi connectivity index (χ1) is 19.2. The first kappa shape index (κ1) is 28.9. The van der Waals surface area contributed by atoms with Crippen LogP contribution in [-0.2, 0) is 4.79 Å². The summed E-state index contributed by atoms with van der Waals surface area (Å²) in [7, 11) is 0. The molecule has 4 rings (SSSR count). The summed E-state index contributed by atoms with van der Waals surface area (Å²) in [4.78, 5) is 23.7. The minimum Gasteiger partial charge on any atom is -0.334 e. The molecule has 0 aliphatic carbocycles. The van der Waals surface area contributed by atoms with Gasteiger partial charge in [-0.1, -0.05) is 151 Å². The van der Waals surface area contributed by atoms with E-state index in [9.17, 15) is 4.79 Å². The van der Waals surface area contributed by atoms with Crippen molar-refractivity contribution in [2.24, 2.45) is 0 Å². The quantitative estimate of drug-likeness (QED) is 0.104. The average molecular weight is 543 g/mol. The van der Waals surface area contributed by atoms with E-state index < -0.39 is 0 Å². The lowest BCUT2D eigenvalue weighted by Crippen LogP contribution is -2.23. The zero-order valence-electron chi connectivity index (χ0n) is 23.4. The number of carbonyl (C=O) groups is 1. The first-order valence-electron chi connectivity index (χ1n) is 14.9. The number of benzene rings is 3. The number of carbonyl (C=O) groups excluding carboxylic acids is 1. The third-order valence-electron chi connectivity index (χ3n) is 7.45. The van der Waals surface area contributed by atoms with Crippen molar-refractivity contribution in [3.63, 3.8) is 0 Å². The molecule has 206 valence electrons. The summed E-state index contributed by atoms with van der Waals surface area (Å²) in [6, 6.07) is 22.0. The highest BCUT2D eigenvalue weighted by Crippen LogP contribution is 2.29. The molecule has 4 aromatic rings. The summed E-state index contributed by atoms with van der Waals surface area (Å²) in [5, 5.41) is 2.93. The molecule has 5 heteroatoms. The molecule has 0 radical (unpaired) electrons. The molecule has 0 atom stereocenters. The lowest BCUT2D eigenvalue weighted by molar-refractivity contribution is -0.144. The smallest absolute Gasteiger partial charge is 0.333 e. The minimum atomic E-state index is -0.271. The van der Waals surface area contributed by atoms with Crippen LogP contribution in [0.4, 0.5) is 0 Å². The first-order valence-corrected chi connectivity index (χ1v) is 15.3. The van der Waals surface area contributed by atoms with E-state index in [1.807, 2.05) is 48.5 Å². The summed E-state index contributed by atoms with van der Waals surface area (Å²) >= 11 is 5.81. The van der Waals surface area contributed by atoms with Crippen molar-refractivity contribution in [2.75, 3.05) is 0 Å². The van der Waals surface area contributed by atoms with E-state index in [0.29, 0.717) is 16.9 Å². The molecule has 39 heavy (non-hydrogen) atoms. The van der Waals surface area contributed by atoms with Crippen LogP contribution in [-0.4, -0.2) is 15.7 Å². The van der Waals surface area contributed by atoms with E-state index in [1.165, 1.54) is 75.4 Å². The number of fused-ring (bicyclic) bond motifs is 2. The van der Waals surface area contributed by atoms with Crippen LogP contribution in [0.3, 0.4) is 0 Å². The molecule has 0 saturated carbocycles. The molecule has 3 aromatic carbocycles. The van der Waals surface area contributed by atoms with Gasteiger partial charge in [-0.2, -0.15) is 0 Å². The fraction of sp³-hybridized carbons (Fsp3) is 0.441. The van der Waals surface area contributed by atoms with Crippen molar-refractivity contribution >= 4 is 39.9 Å². The number of hydrogen-bond acceptors (Lipinski definition) is 4.